The Bertz CT molecular complexity index is 2620. The fourth-order valence-corrected chi connectivity index (χ4v) is 7.91. The molecule has 51 heavy (non-hydrogen) atoms. The number of hydrogen-bond acceptors (Lipinski definition) is 3. The molecule has 4 heteroatoms. The molecule has 6 aromatic rings. The van der Waals surface area contributed by atoms with Crippen molar-refractivity contribution in [3.05, 3.63) is 172 Å². The van der Waals surface area contributed by atoms with Crippen LogP contribution in [0.1, 0.15) is 43.0 Å². The molecule has 1 heterocycles. The molecule has 0 amide bonds. The van der Waals surface area contributed by atoms with E-state index in [4.69, 9.17) is 5.73 Å². The van der Waals surface area contributed by atoms with Gasteiger partial charge < -0.3 is 11.1 Å². The Morgan fingerprint density at radius 1 is 0.725 bits per heavy atom. The normalized spacial score (nSPS) is 14.9. The maximum atomic E-state index is 9.46. The van der Waals surface area contributed by atoms with Crippen LogP contribution >= 0.6 is 0 Å². The lowest BCUT2D eigenvalue weighted by atomic mass is 9.79. The lowest BCUT2D eigenvalue weighted by Gasteiger charge is -2.24. The first-order valence-electron chi connectivity index (χ1n) is 17.1. The average Bonchev–Trinajstić information content (AvgIpc) is 3.40. The molecule has 0 unspecified atom stereocenters. The van der Waals surface area contributed by atoms with E-state index in [0.717, 1.165) is 33.4 Å². The zero-order valence-corrected chi connectivity index (χ0v) is 28.8. The van der Waals surface area contributed by atoms with Crippen molar-refractivity contribution in [2.45, 2.75) is 26.2 Å². The van der Waals surface area contributed by atoms with Crippen molar-refractivity contribution in [3.8, 4) is 45.5 Å². The van der Waals surface area contributed by atoms with E-state index >= 15 is 0 Å². The van der Waals surface area contributed by atoms with Crippen molar-refractivity contribution in [2.75, 3.05) is 6.54 Å². The van der Waals surface area contributed by atoms with Crippen LogP contribution in [0.4, 0.5) is 0 Å². The van der Waals surface area contributed by atoms with Crippen molar-refractivity contribution >= 4 is 32.7 Å². The van der Waals surface area contributed by atoms with E-state index in [-0.39, 0.29) is 5.41 Å². The molecule has 244 valence electrons. The molecule has 8 rings (SSSR count). The Morgan fingerprint density at radius 3 is 1.98 bits per heavy atom. The highest BCUT2D eigenvalue weighted by atomic mass is 14.8. The minimum absolute atomic E-state index is 0.157. The van der Waals surface area contributed by atoms with Crippen LogP contribution in [0.15, 0.2) is 145 Å². The highest BCUT2D eigenvalue weighted by Gasteiger charge is 2.36. The molecule has 0 atom stereocenters. The predicted octanol–water partition coefficient (Wildman–Crippen LogP) is 11.6. The number of nitrogens with zero attached hydrogens (tertiary/aromatic N) is 3. The second kappa shape index (κ2) is 12.4. The molecule has 2 N–H and O–H groups in total. The van der Waals surface area contributed by atoms with Crippen LogP contribution in [0.2, 0.25) is 0 Å². The Labute approximate surface area is 298 Å². The third-order valence-electron chi connectivity index (χ3n) is 10.5. The first-order chi connectivity index (χ1) is 24.8. The summed E-state index contributed by atoms with van der Waals surface area (Å²) in [6, 6.07) is 44.0. The SMILES string of the molecule is C/C(C#N)=C\C(=C/N)c1ccc(-c2c3ccccc3c(-c3ccc(C4=CC(C#N)=C[N-]C4)cc3)c3cc4c(cc23)C(C)(C)c2ccccc2-4)cc1. The zero-order valence-electron chi connectivity index (χ0n) is 28.8. The Hall–Kier alpha value is -6.62. The van der Waals surface area contributed by atoms with Crippen LogP contribution in [0, 0.1) is 22.7 Å². The van der Waals surface area contributed by atoms with E-state index in [9.17, 15) is 10.5 Å². The summed E-state index contributed by atoms with van der Waals surface area (Å²) in [4.78, 5) is 0. The van der Waals surface area contributed by atoms with Gasteiger partial charge in [-0.3, -0.25) is 0 Å². The van der Waals surface area contributed by atoms with Crippen LogP contribution in [0.3, 0.4) is 0 Å². The number of allylic oxidation sites excluding steroid dienone is 5. The Morgan fingerprint density at radius 2 is 1.33 bits per heavy atom. The predicted molar refractivity (Wildman–Crippen MR) is 211 cm³/mol. The summed E-state index contributed by atoms with van der Waals surface area (Å²) < 4.78 is 0. The maximum Gasteiger partial charge on any atom is 0.0972 e. The largest absolute Gasteiger partial charge is 0.686 e. The molecule has 0 radical (unpaired) electrons. The molecule has 0 fully saturated rings. The number of hydrogen-bond donors (Lipinski definition) is 1. The van der Waals surface area contributed by atoms with Crippen LogP contribution in [-0.4, -0.2) is 6.54 Å². The van der Waals surface area contributed by atoms with Gasteiger partial charge in [0.05, 0.1) is 12.1 Å². The van der Waals surface area contributed by atoms with Crippen LogP contribution < -0.4 is 5.73 Å². The van der Waals surface area contributed by atoms with E-state index in [1.54, 1.807) is 19.3 Å². The summed E-state index contributed by atoms with van der Waals surface area (Å²) in [7, 11) is 0. The standard InChI is InChI=1S/C47H35N4/c1-29(24-48)20-35(26-50)31-12-16-34(17-13-31)46-39-10-5-4-9-38(39)45(33-18-14-32(15-19-33)36-21-30(25-49)27-51-28-36)41-22-40-37-8-6-7-11-43(37)47(2,3)44(40)23-42(41)46/h4-23,26-27H,28,50H2,1-3H3/q-1/b29-20+,35-26+. The lowest BCUT2D eigenvalue weighted by Crippen LogP contribution is -2.14. The lowest BCUT2D eigenvalue weighted by molar-refractivity contribution is 0.661. The minimum atomic E-state index is -0.157. The number of fused-ring (bicyclic) bond motifs is 5. The van der Waals surface area contributed by atoms with E-state index in [1.165, 1.54) is 54.9 Å². The van der Waals surface area contributed by atoms with Gasteiger partial charge in [0.2, 0.25) is 0 Å². The van der Waals surface area contributed by atoms with Gasteiger partial charge in [-0.05, 0) is 114 Å². The molecule has 2 aliphatic rings. The quantitative estimate of drug-likeness (QED) is 0.114. The minimum Gasteiger partial charge on any atom is -0.686 e. The third-order valence-corrected chi connectivity index (χ3v) is 10.5. The van der Waals surface area contributed by atoms with Crippen LogP contribution in [0.5, 0.6) is 0 Å². The molecule has 1 aliphatic carbocycles. The van der Waals surface area contributed by atoms with Gasteiger partial charge in [-0.1, -0.05) is 116 Å². The zero-order chi connectivity index (χ0) is 35.3. The molecule has 0 bridgehead atoms. The first kappa shape index (κ1) is 31.6. The van der Waals surface area contributed by atoms with E-state index in [2.05, 4.69) is 140 Å². The summed E-state index contributed by atoms with van der Waals surface area (Å²) in [5.74, 6) is 0. The van der Waals surface area contributed by atoms with E-state index in [1.807, 2.05) is 12.2 Å². The third kappa shape index (κ3) is 5.21. The molecular weight excluding hydrogens is 621 g/mol. The van der Waals surface area contributed by atoms with Gasteiger partial charge in [-0.25, -0.2) is 0 Å². The molecule has 0 spiro atoms. The molecule has 0 saturated carbocycles. The summed E-state index contributed by atoms with van der Waals surface area (Å²) in [5, 5.41) is 28.0. The number of benzene rings is 6. The highest BCUT2D eigenvalue weighted by Crippen LogP contribution is 2.53. The van der Waals surface area contributed by atoms with Crippen LogP contribution in [0.25, 0.3) is 71.4 Å². The van der Waals surface area contributed by atoms with Crippen molar-refractivity contribution in [2.24, 2.45) is 5.73 Å². The molecule has 4 nitrogen and oxygen atoms in total. The molecule has 0 saturated heterocycles. The summed E-state index contributed by atoms with van der Waals surface area (Å²) in [6.07, 6.45) is 6.95. The summed E-state index contributed by atoms with van der Waals surface area (Å²) in [5.41, 5.74) is 20.8. The van der Waals surface area contributed by atoms with Gasteiger partial charge in [-0.15, -0.1) is 6.54 Å². The monoisotopic (exact) mass is 655 g/mol. The maximum absolute atomic E-state index is 9.46. The van der Waals surface area contributed by atoms with Crippen molar-refractivity contribution < 1.29 is 0 Å². The number of rotatable bonds is 5. The fourth-order valence-electron chi connectivity index (χ4n) is 7.91. The van der Waals surface area contributed by atoms with E-state index in [0.29, 0.717) is 17.7 Å². The second-order valence-corrected chi connectivity index (χ2v) is 13.8. The average molecular weight is 656 g/mol. The van der Waals surface area contributed by atoms with Gasteiger partial charge >= 0.3 is 0 Å². The Kier molecular flexibility index (Phi) is 7.67. The smallest absolute Gasteiger partial charge is 0.0972 e. The van der Waals surface area contributed by atoms with E-state index < -0.39 is 0 Å². The fraction of sp³-hybridized carbons (Fsp3) is 0.106. The molecule has 6 aromatic carbocycles. The second-order valence-electron chi connectivity index (χ2n) is 13.8. The van der Waals surface area contributed by atoms with Gasteiger partial charge in [0.1, 0.15) is 0 Å². The van der Waals surface area contributed by atoms with Crippen LogP contribution in [-0.2, 0) is 5.41 Å². The summed E-state index contributed by atoms with van der Waals surface area (Å²) >= 11 is 0. The Balaban J connectivity index is 1.40. The van der Waals surface area contributed by atoms with Gasteiger partial charge in [0.25, 0.3) is 0 Å². The summed E-state index contributed by atoms with van der Waals surface area (Å²) in [6.45, 7) is 7.00. The van der Waals surface area contributed by atoms with Crippen molar-refractivity contribution in [1.82, 2.24) is 0 Å². The van der Waals surface area contributed by atoms with Gasteiger partial charge in [-0.2, -0.15) is 16.7 Å². The van der Waals surface area contributed by atoms with Crippen molar-refractivity contribution in [3.63, 3.8) is 0 Å². The number of nitriles is 2. The van der Waals surface area contributed by atoms with Crippen molar-refractivity contribution in [1.29, 1.82) is 10.5 Å². The van der Waals surface area contributed by atoms with Gasteiger partial charge in [0, 0.05) is 22.8 Å². The molecule has 1 aliphatic heterocycles. The number of nitrogens with two attached hydrogens (primary N) is 1. The molecular formula is C47H35N4-. The topological polar surface area (TPSA) is 87.7 Å². The van der Waals surface area contributed by atoms with Gasteiger partial charge in [0.15, 0.2) is 0 Å². The first-order valence-corrected chi connectivity index (χ1v) is 17.1. The highest BCUT2D eigenvalue weighted by molar-refractivity contribution is 6.22. The molecule has 0 aromatic heterocycles.